The summed E-state index contributed by atoms with van der Waals surface area (Å²) in [4.78, 5) is 31.3. The molecule has 0 unspecified atom stereocenters. The van der Waals surface area contributed by atoms with Crippen LogP contribution >= 0.6 is 0 Å². The molecule has 1 N–H and O–H groups in total. The highest BCUT2D eigenvalue weighted by atomic mass is 16.6. The third kappa shape index (κ3) is 7.06. The number of carbonyl (C=O) groups is 2. The van der Waals surface area contributed by atoms with Crippen LogP contribution in [-0.2, 0) is 34.3 Å². The molecule has 0 aromatic heterocycles. The number of ether oxygens (including phenoxy) is 2. The summed E-state index contributed by atoms with van der Waals surface area (Å²) in [5.41, 5.74) is 4.25. The Balaban J connectivity index is 1.12. The molecule has 7 heteroatoms. The molecule has 1 amide bonds. The van der Waals surface area contributed by atoms with Crippen LogP contribution in [0.3, 0.4) is 0 Å². The second-order valence-corrected chi connectivity index (χ2v) is 15.2. The van der Waals surface area contributed by atoms with Crippen LogP contribution in [0.5, 0.6) is 17.2 Å². The van der Waals surface area contributed by atoms with Crippen LogP contribution in [-0.4, -0.2) is 64.6 Å². The fourth-order valence-electron chi connectivity index (χ4n) is 10.1. The van der Waals surface area contributed by atoms with Gasteiger partial charge in [-0.05, 0) is 81.4 Å². The number of piperidine rings is 1. The first-order valence-corrected chi connectivity index (χ1v) is 19.4. The average Bonchev–Trinajstić information content (AvgIpc) is 3.48. The minimum atomic E-state index is -0.443. The highest BCUT2D eigenvalue weighted by molar-refractivity contribution is 5.77. The summed E-state index contributed by atoms with van der Waals surface area (Å²) in [5.74, 6) is 1.14. The van der Waals surface area contributed by atoms with Crippen molar-refractivity contribution in [2.24, 2.45) is 5.92 Å². The van der Waals surface area contributed by atoms with Gasteiger partial charge in [0.2, 0.25) is 5.91 Å². The molecule has 5 atom stereocenters. The predicted molar refractivity (Wildman–Crippen MR) is 200 cm³/mol. The molecular weight excluding hydrogens is 636 g/mol. The molecule has 1 spiro atoms. The van der Waals surface area contributed by atoms with Crippen molar-refractivity contribution in [2.75, 3.05) is 19.6 Å². The van der Waals surface area contributed by atoms with E-state index in [2.05, 4.69) is 71.0 Å². The number of benzene rings is 3. The van der Waals surface area contributed by atoms with Crippen molar-refractivity contribution < 1.29 is 24.2 Å². The number of rotatable bonds is 16. The first-order valence-electron chi connectivity index (χ1n) is 19.4. The summed E-state index contributed by atoms with van der Waals surface area (Å²) < 4.78 is 12.8. The number of aryl methyl sites for hydroxylation is 2. The number of hydrogen-bond acceptors (Lipinski definition) is 6. The minimum absolute atomic E-state index is 0.104. The van der Waals surface area contributed by atoms with Crippen LogP contribution in [0.15, 0.2) is 79.4 Å². The van der Waals surface area contributed by atoms with Crippen molar-refractivity contribution >= 4 is 11.9 Å². The molecule has 2 fully saturated rings. The molecule has 4 aliphatic rings. The van der Waals surface area contributed by atoms with E-state index in [1.54, 1.807) is 6.07 Å². The Kier molecular flexibility index (Phi) is 10.8. The Hall–Kier alpha value is -4.10. The molecule has 270 valence electrons. The van der Waals surface area contributed by atoms with Gasteiger partial charge in [0.25, 0.3) is 0 Å². The maximum atomic E-state index is 14.4. The molecule has 1 saturated heterocycles. The largest absolute Gasteiger partial charge is 0.508 e. The number of esters is 1. The number of hydrogen-bond donors (Lipinski definition) is 1. The first-order chi connectivity index (χ1) is 24.9. The monoisotopic (exact) mass is 690 g/mol. The normalized spacial score (nSPS) is 24.3. The standard InChI is InChI=1S/C44H54N2O5/c1-3-26-45-28-25-44-35-23-24-36(43(44)51-42-39(50-31(2)47)30-38(48)34(41(42)44)29-37(35)45)46(27-15-21-33-19-12-8-13-20-33)40(49)22-14-6-4-5-9-16-32-17-10-7-11-18-32/h3,7-8,10-13,17-20,30,35-37,43,48H,1,4-6,9,14-16,21-29H2,2H3/t35-,36+,37+,43-,44-/m0/s1. The van der Waals surface area contributed by atoms with Crippen LogP contribution < -0.4 is 9.47 Å². The van der Waals surface area contributed by atoms with Crippen molar-refractivity contribution in [3.8, 4) is 17.2 Å². The Morgan fingerprint density at radius 2 is 1.67 bits per heavy atom. The van der Waals surface area contributed by atoms with Gasteiger partial charge in [0, 0.05) is 55.1 Å². The van der Waals surface area contributed by atoms with Crippen LogP contribution in [0.25, 0.3) is 0 Å². The zero-order valence-corrected chi connectivity index (χ0v) is 30.2. The summed E-state index contributed by atoms with van der Waals surface area (Å²) in [6.45, 7) is 7.80. The Bertz CT molecular complexity index is 1690. The number of carbonyl (C=O) groups excluding carboxylic acids is 2. The van der Waals surface area contributed by atoms with E-state index < -0.39 is 5.97 Å². The van der Waals surface area contributed by atoms with E-state index >= 15 is 0 Å². The fraction of sp³-hybridized carbons (Fsp3) is 0.500. The van der Waals surface area contributed by atoms with Crippen molar-refractivity contribution in [1.29, 1.82) is 0 Å². The van der Waals surface area contributed by atoms with Gasteiger partial charge >= 0.3 is 5.97 Å². The predicted octanol–water partition coefficient (Wildman–Crippen LogP) is 7.96. The Labute approximate surface area is 303 Å². The molecule has 0 radical (unpaired) electrons. The molecule has 2 bridgehead atoms. The van der Waals surface area contributed by atoms with Crippen LogP contribution in [0, 0.1) is 5.92 Å². The number of unbranched alkanes of at least 4 members (excludes halogenated alkanes) is 4. The quantitative estimate of drug-likeness (QED) is 0.0712. The maximum Gasteiger partial charge on any atom is 0.308 e. The lowest BCUT2D eigenvalue weighted by Gasteiger charge is -2.60. The van der Waals surface area contributed by atoms with Gasteiger partial charge in [-0.1, -0.05) is 86.0 Å². The van der Waals surface area contributed by atoms with E-state index in [0.717, 1.165) is 88.4 Å². The summed E-state index contributed by atoms with van der Waals surface area (Å²) in [5, 5.41) is 11.4. The molecule has 1 saturated carbocycles. The number of likely N-dealkylation sites (tertiary alicyclic amines) is 1. The first kappa shape index (κ1) is 35.3. The summed E-state index contributed by atoms with van der Waals surface area (Å²) in [6.07, 6.45) is 14.0. The van der Waals surface area contributed by atoms with Crippen LogP contribution in [0.1, 0.15) is 93.4 Å². The minimum Gasteiger partial charge on any atom is -0.508 e. The zero-order valence-electron chi connectivity index (χ0n) is 30.2. The SMILES string of the molecule is C=CCN1CC[C@]23c4c5c(O)cc(OC(C)=O)c4O[C@H]2[C@H](N(CCCc2ccccc2)C(=O)CCCCCCCc2ccccc2)CC[C@H]3[C@H]1C5. The van der Waals surface area contributed by atoms with Gasteiger partial charge in [-0.3, -0.25) is 14.5 Å². The van der Waals surface area contributed by atoms with Gasteiger partial charge in [-0.15, -0.1) is 6.58 Å². The van der Waals surface area contributed by atoms with Crippen LogP contribution in [0.2, 0.25) is 0 Å². The molecule has 3 aromatic carbocycles. The lowest BCUT2D eigenvalue weighted by molar-refractivity contribution is -0.142. The highest BCUT2D eigenvalue weighted by Crippen LogP contribution is 2.65. The number of aromatic hydroxyl groups is 1. The van der Waals surface area contributed by atoms with Gasteiger partial charge in [-0.2, -0.15) is 0 Å². The molecule has 51 heavy (non-hydrogen) atoms. The van der Waals surface area contributed by atoms with E-state index in [0.29, 0.717) is 30.4 Å². The van der Waals surface area contributed by atoms with Crippen molar-refractivity contribution in [1.82, 2.24) is 9.80 Å². The van der Waals surface area contributed by atoms with Crippen molar-refractivity contribution in [3.05, 3.63) is 102 Å². The topological polar surface area (TPSA) is 79.3 Å². The fourth-order valence-corrected chi connectivity index (χ4v) is 10.1. The Morgan fingerprint density at radius 1 is 0.980 bits per heavy atom. The van der Waals surface area contributed by atoms with E-state index in [1.165, 1.54) is 30.9 Å². The lowest BCUT2D eigenvalue weighted by atomic mass is 9.50. The number of amides is 1. The van der Waals surface area contributed by atoms with Gasteiger partial charge in [0.15, 0.2) is 11.5 Å². The molecule has 2 heterocycles. The van der Waals surface area contributed by atoms with E-state index in [1.807, 2.05) is 12.1 Å². The second kappa shape index (κ2) is 15.6. The average molecular weight is 691 g/mol. The summed E-state index contributed by atoms with van der Waals surface area (Å²) >= 11 is 0. The van der Waals surface area contributed by atoms with Gasteiger partial charge < -0.3 is 19.5 Å². The Morgan fingerprint density at radius 3 is 2.37 bits per heavy atom. The third-order valence-electron chi connectivity index (χ3n) is 12.2. The second-order valence-electron chi connectivity index (χ2n) is 15.2. The zero-order chi connectivity index (χ0) is 35.4. The highest BCUT2D eigenvalue weighted by Gasteiger charge is 2.67. The molecule has 7 rings (SSSR count). The number of nitrogens with zero attached hydrogens (tertiary/aromatic N) is 2. The van der Waals surface area contributed by atoms with Gasteiger partial charge in [-0.25, -0.2) is 0 Å². The van der Waals surface area contributed by atoms with Crippen molar-refractivity contribution in [3.63, 3.8) is 0 Å². The van der Waals surface area contributed by atoms with Gasteiger partial charge in [0.1, 0.15) is 11.9 Å². The molecule has 7 nitrogen and oxygen atoms in total. The van der Waals surface area contributed by atoms with E-state index in [4.69, 9.17) is 9.47 Å². The molecule has 3 aromatic rings. The van der Waals surface area contributed by atoms with Crippen LogP contribution in [0.4, 0.5) is 0 Å². The number of phenolic OH excluding ortho intramolecular Hbond substituents is 1. The van der Waals surface area contributed by atoms with E-state index in [-0.39, 0.29) is 35.3 Å². The maximum absolute atomic E-state index is 14.4. The van der Waals surface area contributed by atoms with E-state index in [9.17, 15) is 14.7 Å². The molecule has 2 aliphatic carbocycles. The number of phenols is 1. The van der Waals surface area contributed by atoms with Crippen molar-refractivity contribution in [2.45, 2.75) is 114 Å². The summed E-state index contributed by atoms with van der Waals surface area (Å²) in [6, 6.07) is 22.9. The van der Waals surface area contributed by atoms with Gasteiger partial charge in [0.05, 0.1) is 6.04 Å². The smallest absolute Gasteiger partial charge is 0.308 e. The molecular formula is C44H54N2O5. The summed E-state index contributed by atoms with van der Waals surface area (Å²) in [7, 11) is 0. The lowest BCUT2D eigenvalue weighted by Crippen LogP contribution is -2.69. The third-order valence-corrected chi connectivity index (χ3v) is 12.2. The molecule has 2 aliphatic heterocycles.